The van der Waals surface area contributed by atoms with Gasteiger partial charge in [-0.1, -0.05) is 47.5 Å². The van der Waals surface area contributed by atoms with Crippen LogP contribution in [0.25, 0.3) is 0 Å². The second kappa shape index (κ2) is 8.52. The largest absolute Gasteiger partial charge is 0.328 e. The van der Waals surface area contributed by atoms with Gasteiger partial charge < -0.3 is 9.80 Å². The predicted molar refractivity (Wildman–Crippen MR) is 108 cm³/mol. The molecule has 3 N–H and O–H groups in total. The van der Waals surface area contributed by atoms with E-state index in [4.69, 9.17) is 0 Å². The van der Waals surface area contributed by atoms with Crippen LogP contribution >= 0.6 is 0 Å². The number of hydrogen-bond acceptors (Lipinski definition) is 2. The summed E-state index contributed by atoms with van der Waals surface area (Å²) in [6.45, 7) is 8.77. The molecule has 0 unspecified atom stereocenters. The van der Waals surface area contributed by atoms with Crippen LogP contribution in [0.15, 0.2) is 53.4 Å². The average molecular weight is 390 g/mol. The minimum absolute atomic E-state index is 0.124. The number of aryl methyl sites for hydroxylation is 2. The summed E-state index contributed by atoms with van der Waals surface area (Å²) in [6.07, 6.45) is 0. The highest BCUT2D eigenvalue weighted by Gasteiger charge is 2.30. The first-order valence-corrected chi connectivity index (χ1v) is 11.1. The summed E-state index contributed by atoms with van der Waals surface area (Å²) in [7, 11) is -1.29. The highest BCUT2D eigenvalue weighted by atomic mass is 32.2. The molecule has 146 valence electrons. The van der Waals surface area contributed by atoms with Crippen molar-refractivity contribution in [2.24, 2.45) is 0 Å². The molecule has 0 aromatic heterocycles. The fourth-order valence-corrected chi connectivity index (χ4v) is 4.68. The van der Waals surface area contributed by atoms with E-state index < -0.39 is 10.0 Å². The lowest BCUT2D eigenvalue weighted by atomic mass is 10.0. The Labute approximate surface area is 163 Å². The molecule has 6 heteroatoms. The first-order chi connectivity index (χ1) is 12.8. The molecule has 5 nitrogen and oxygen atoms in total. The van der Waals surface area contributed by atoms with E-state index in [1.54, 1.807) is 17.0 Å². The van der Waals surface area contributed by atoms with E-state index in [2.05, 4.69) is 43.0 Å². The summed E-state index contributed by atoms with van der Waals surface area (Å²) >= 11 is 0. The Morgan fingerprint density at radius 1 is 0.889 bits per heavy atom. The maximum Gasteiger partial charge on any atom is 0.240 e. The van der Waals surface area contributed by atoms with Gasteiger partial charge in [0.05, 0.1) is 18.5 Å². The summed E-state index contributed by atoms with van der Waals surface area (Å²) < 4.78 is 28.3. The van der Waals surface area contributed by atoms with Gasteiger partial charge in [-0.05, 0) is 26.0 Å². The van der Waals surface area contributed by atoms with E-state index in [-0.39, 0.29) is 6.04 Å². The van der Waals surface area contributed by atoms with Crippen molar-refractivity contribution in [1.82, 2.24) is 4.72 Å². The van der Waals surface area contributed by atoms with Crippen LogP contribution in [-0.4, -0.2) is 48.2 Å². The van der Waals surface area contributed by atoms with Crippen LogP contribution in [0.5, 0.6) is 0 Å². The highest BCUT2D eigenvalue weighted by Crippen LogP contribution is 2.14. The second-order valence-corrected chi connectivity index (χ2v) is 9.51. The summed E-state index contributed by atoms with van der Waals surface area (Å²) in [4.78, 5) is 3.33. The molecular weight excluding hydrogens is 358 g/mol. The van der Waals surface area contributed by atoms with E-state index in [0.717, 1.165) is 31.7 Å². The summed E-state index contributed by atoms with van der Waals surface area (Å²) in [5.41, 5.74) is 3.47. The number of benzene rings is 2. The van der Waals surface area contributed by atoms with Crippen molar-refractivity contribution in [3.05, 3.63) is 65.2 Å². The zero-order valence-electron chi connectivity index (χ0n) is 16.5. The van der Waals surface area contributed by atoms with Crippen molar-refractivity contribution < 1.29 is 18.2 Å². The van der Waals surface area contributed by atoms with E-state index in [9.17, 15) is 8.42 Å². The molecule has 3 rings (SSSR count). The van der Waals surface area contributed by atoms with Crippen LogP contribution in [0.3, 0.4) is 0 Å². The van der Waals surface area contributed by atoms with Gasteiger partial charge in [-0.15, -0.1) is 0 Å². The fraction of sp³-hybridized carbons (Fsp3) is 0.429. The summed E-state index contributed by atoms with van der Waals surface area (Å²) in [5, 5.41) is 0. The maximum absolute atomic E-state index is 12.7. The molecule has 0 amide bonds. The molecule has 1 saturated heterocycles. The van der Waals surface area contributed by atoms with Crippen molar-refractivity contribution in [1.29, 1.82) is 0 Å². The lowest BCUT2D eigenvalue weighted by Gasteiger charge is -2.33. The van der Waals surface area contributed by atoms with Crippen LogP contribution < -0.4 is 14.5 Å². The third-order valence-corrected chi connectivity index (χ3v) is 6.97. The Balaban J connectivity index is 1.78. The number of hydrogen-bond donors (Lipinski definition) is 3. The van der Waals surface area contributed by atoms with Gasteiger partial charge in [-0.25, -0.2) is 13.1 Å². The third-order valence-electron chi connectivity index (χ3n) is 5.53. The second-order valence-electron chi connectivity index (χ2n) is 7.74. The van der Waals surface area contributed by atoms with Crippen molar-refractivity contribution in [3.63, 3.8) is 0 Å². The Bertz CT molecular complexity index is 840. The average Bonchev–Trinajstić information content (AvgIpc) is 2.65. The molecule has 2 aromatic carbocycles. The quantitative estimate of drug-likeness (QED) is 0.638. The molecule has 1 fully saturated rings. The number of sulfonamides is 1. The molecule has 1 aliphatic heterocycles. The predicted octanol–water partition coefficient (Wildman–Crippen LogP) is -0.264. The first-order valence-electron chi connectivity index (χ1n) is 9.64. The molecule has 2 aromatic rings. The number of likely N-dealkylation sites (N-methyl/N-ethyl adjacent to an activating group) is 1. The summed E-state index contributed by atoms with van der Waals surface area (Å²) in [6, 6.07) is 15.6. The van der Waals surface area contributed by atoms with Crippen LogP contribution in [-0.2, 0) is 10.0 Å². The third kappa shape index (κ3) is 5.17. The van der Waals surface area contributed by atoms with Crippen LogP contribution in [0.4, 0.5) is 0 Å². The lowest BCUT2D eigenvalue weighted by molar-refractivity contribution is -1.02. The van der Waals surface area contributed by atoms with Gasteiger partial charge in [-0.2, -0.15) is 0 Å². The molecule has 1 heterocycles. The highest BCUT2D eigenvalue weighted by molar-refractivity contribution is 7.89. The Kier molecular flexibility index (Phi) is 6.32. The van der Waals surface area contributed by atoms with Gasteiger partial charge >= 0.3 is 0 Å². The SMILES string of the molecule is Cc1ccc([C@@H](CNS(=O)(=O)c2ccc(C)cc2)[NH+]2CC[NH+](C)CC2)cc1. The molecule has 27 heavy (non-hydrogen) atoms. The number of rotatable bonds is 6. The minimum Gasteiger partial charge on any atom is -0.328 e. The topological polar surface area (TPSA) is 55.0 Å². The van der Waals surface area contributed by atoms with Gasteiger partial charge in [-0.3, -0.25) is 0 Å². The first kappa shape index (κ1) is 20.0. The van der Waals surface area contributed by atoms with Crippen LogP contribution in [0, 0.1) is 13.8 Å². The van der Waals surface area contributed by atoms with E-state index in [1.165, 1.54) is 16.0 Å². The van der Waals surface area contributed by atoms with Gasteiger partial charge in [0.1, 0.15) is 32.2 Å². The smallest absolute Gasteiger partial charge is 0.240 e. The van der Waals surface area contributed by atoms with Gasteiger partial charge in [0, 0.05) is 5.56 Å². The van der Waals surface area contributed by atoms with Gasteiger partial charge in [0.15, 0.2) is 0 Å². The summed E-state index contributed by atoms with van der Waals surface area (Å²) in [5.74, 6) is 0. The monoisotopic (exact) mass is 389 g/mol. The lowest BCUT2D eigenvalue weighted by Crippen LogP contribution is -3.27. The number of nitrogens with one attached hydrogen (secondary N) is 3. The molecule has 0 spiro atoms. The van der Waals surface area contributed by atoms with Crippen molar-refractivity contribution in [2.45, 2.75) is 24.8 Å². The zero-order chi connectivity index (χ0) is 19.4. The van der Waals surface area contributed by atoms with Gasteiger partial charge in [0.25, 0.3) is 0 Å². The minimum atomic E-state index is -3.51. The van der Waals surface area contributed by atoms with Crippen molar-refractivity contribution in [3.8, 4) is 0 Å². The molecule has 0 bridgehead atoms. The zero-order valence-corrected chi connectivity index (χ0v) is 17.3. The number of quaternary nitrogens is 2. The van der Waals surface area contributed by atoms with E-state index >= 15 is 0 Å². The molecular formula is C21H31N3O2S+2. The molecule has 0 radical (unpaired) electrons. The van der Waals surface area contributed by atoms with Gasteiger partial charge in [0.2, 0.25) is 10.0 Å². The molecule has 0 aliphatic carbocycles. The van der Waals surface area contributed by atoms with E-state index in [1.807, 2.05) is 19.1 Å². The van der Waals surface area contributed by atoms with Crippen molar-refractivity contribution in [2.75, 3.05) is 39.8 Å². The standard InChI is InChI=1S/C21H29N3O2S/c1-17-4-8-19(9-5-17)21(24-14-12-23(3)13-15-24)16-22-27(25,26)20-10-6-18(2)7-11-20/h4-11,21-22H,12-16H2,1-3H3/p+2/t21-/m1/s1. The molecule has 1 atom stereocenters. The van der Waals surface area contributed by atoms with Crippen molar-refractivity contribution >= 4 is 10.0 Å². The van der Waals surface area contributed by atoms with Crippen LogP contribution in [0.2, 0.25) is 0 Å². The fourth-order valence-electron chi connectivity index (χ4n) is 3.64. The Morgan fingerprint density at radius 2 is 1.41 bits per heavy atom. The molecule has 0 saturated carbocycles. The Morgan fingerprint density at radius 3 is 1.96 bits per heavy atom. The Hall–Kier alpha value is -1.73. The maximum atomic E-state index is 12.7. The number of piperazine rings is 1. The van der Waals surface area contributed by atoms with E-state index in [0.29, 0.717) is 11.4 Å². The van der Waals surface area contributed by atoms with Crippen LogP contribution in [0.1, 0.15) is 22.7 Å². The normalized spacial score (nSPS) is 21.7. The molecule has 1 aliphatic rings.